The molecule has 7 nitrogen and oxygen atoms in total. The van der Waals surface area contributed by atoms with Crippen molar-refractivity contribution in [2.45, 2.75) is 72.8 Å². The highest BCUT2D eigenvalue weighted by Gasteiger charge is 2.30. The number of carbonyl (C=O) groups is 2. The van der Waals surface area contributed by atoms with Crippen LogP contribution in [0.15, 0.2) is 39.6 Å². The number of rotatable bonds is 11. The molecule has 0 atom stereocenters. The number of carboxylic acids is 1. The molecule has 1 aromatic heterocycles. The van der Waals surface area contributed by atoms with Crippen LogP contribution < -0.4 is 10.1 Å². The molecule has 1 aliphatic rings. The molecule has 1 heterocycles. The first kappa shape index (κ1) is 27.7. The third kappa shape index (κ3) is 8.32. The van der Waals surface area contributed by atoms with Gasteiger partial charge in [0.25, 0.3) is 0 Å². The first-order chi connectivity index (χ1) is 16.7. The molecule has 35 heavy (non-hydrogen) atoms. The standard InChI is InChI=1S/C25H35N3O4S3/c1-17-6-8-18(9-7-17)28(14-5-15-33-20-12-10-19(32-4)11-13-20)24(31)27-23-26-16-21(34-23)35-25(2,3)22(29)30/h10-13,16-18H,5-9,14-15H2,1-4H3,(H,29,30)(H,26,27,31)/t17-,18-. The van der Waals surface area contributed by atoms with Gasteiger partial charge >= 0.3 is 12.0 Å². The zero-order valence-electron chi connectivity index (χ0n) is 20.8. The number of nitrogens with one attached hydrogen (secondary N) is 1. The summed E-state index contributed by atoms with van der Waals surface area (Å²) in [5, 5.41) is 12.8. The third-order valence-electron chi connectivity index (χ3n) is 6.13. The van der Waals surface area contributed by atoms with E-state index in [1.807, 2.05) is 17.0 Å². The predicted molar refractivity (Wildman–Crippen MR) is 145 cm³/mol. The fourth-order valence-electron chi connectivity index (χ4n) is 3.92. The maximum absolute atomic E-state index is 13.3. The Labute approximate surface area is 220 Å². The van der Waals surface area contributed by atoms with Crippen LogP contribution in [0.4, 0.5) is 9.93 Å². The summed E-state index contributed by atoms with van der Waals surface area (Å²) in [5.74, 6) is 1.59. The fourth-order valence-corrected chi connectivity index (χ4v) is 7.03. The van der Waals surface area contributed by atoms with E-state index in [0.29, 0.717) is 17.6 Å². The van der Waals surface area contributed by atoms with Crippen LogP contribution in [0.25, 0.3) is 0 Å². The Morgan fingerprint density at radius 3 is 2.54 bits per heavy atom. The van der Waals surface area contributed by atoms with E-state index in [1.54, 1.807) is 38.9 Å². The van der Waals surface area contributed by atoms with Gasteiger partial charge in [-0.25, -0.2) is 9.78 Å². The minimum Gasteiger partial charge on any atom is -0.497 e. The molecule has 1 saturated carbocycles. The lowest BCUT2D eigenvalue weighted by Crippen LogP contribution is -2.45. The van der Waals surface area contributed by atoms with Crippen LogP contribution in [0.2, 0.25) is 0 Å². The van der Waals surface area contributed by atoms with E-state index in [-0.39, 0.29) is 12.1 Å². The molecule has 0 saturated heterocycles. The molecule has 10 heteroatoms. The van der Waals surface area contributed by atoms with Gasteiger partial charge in [-0.15, -0.1) is 11.8 Å². The number of urea groups is 1. The number of thioether (sulfide) groups is 2. The summed E-state index contributed by atoms with van der Waals surface area (Å²) >= 11 is 4.33. The number of aromatic nitrogens is 1. The Kier molecular flexibility index (Phi) is 10.2. The number of carboxylic acid groups (broad SMARTS) is 1. The number of aliphatic carboxylic acids is 1. The summed E-state index contributed by atoms with van der Waals surface area (Å²) in [4.78, 5) is 32.2. The maximum atomic E-state index is 13.3. The van der Waals surface area contributed by atoms with Gasteiger partial charge in [-0.1, -0.05) is 30.0 Å². The first-order valence-corrected chi connectivity index (χ1v) is 14.5. The summed E-state index contributed by atoms with van der Waals surface area (Å²) in [6.45, 7) is 6.29. The molecule has 2 amide bonds. The van der Waals surface area contributed by atoms with Crippen LogP contribution in [-0.2, 0) is 4.79 Å². The van der Waals surface area contributed by atoms with Gasteiger partial charge in [-0.05, 0) is 81.9 Å². The average Bonchev–Trinajstić information content (AvgIpc) is 3.26. The van der Waals surface area contributed by atoms with Crippen molar-refractivity contribution in [3.05, 3.63) is 30.5 Å². The largest absolute Gasteiger partial charge is 0.497 e. The molecule has 0 unspecified atom stereocenters. The Morgan fingerprint density at radius 1 is 1.23 bits per heavy atom. The Balaban J connectivity index is 1.58. The van der Waals surface area contributed by atoms with Crippen molar-refractivity contribution in [1.29, 1.82) is 0 Å². The van der Waals surface area contributed by atoms with E-state index in [2.05, 4.69) is 29.4 Å². The van der Waals surface area contributed by atoms with Crippen molar-refractivity contribution < 1.29 is 19.4 Å². The molecule has 1 aromatic carbocycles. The highest BCUT2D eigenvalue weighted by Crippen LogP contribution is 2.37. The SMILES string of the molecule is COc1ccc(SCCCN(C(=O)Nc2ncc(SC(C)(C)C(=O)O)s2)[C@H]2CC[C@H](C)CC2)cc1. The summed E-state index contributed by atoms with van der Waals surface area (Å²) < 4.78 is 5.03. The summed E-state index contributed by atoms with van der Waals surface area (Å²) in [7, 11) is 1.66. The van der Waals surface area contributed by atoms with Crippen molar-refractivity contribution in [2.24, 2.45) is 5.92 Å². The number of benzene rings is 1. The normalized spacial score (nSPS) is 18.2. The minimum atomic E-state index is -0.958. The van der Waals surface area contributed by atoms with E-state index in [4.69, 9.17) is 4.74 Å². The molecule has 0 radical (unpaired) electrons. The molecule has 0 bridgehead atoms. The molecular weight excluding hydrogens is 502 g/mol. The van der Waals surface area contributed by atoms with Gasteiger partial charge in [-0.3, -0.25) is 10.1 Å². The Hall–Kier alpha value is -1.91. The average molecular weight is 538 g/mol. The van der Waals surface area contributed by atoms with Crippen LogP contribution in [-0.4, -0.2) is 57.2 Å². The second-order valence-corrected chi connectivity index (χ2v) is 13.4. The van der Waals surface area contributed by atoms with Crippen LogP contribution in [0.1, 0.15) is 52.9 Å². The van der Waals surface area contributed by atoms with Gasteiger partial charge in [0.1, 0.15) is 10.5 Å². The quantitative estimate of drug-likeness (QED) is 0.243. The van der Waals surface area contributed by atoms with Gasteiger partial charge in [-0.2, -0.15) is 0 Å². The molecule has 2 N–H and O–H groups in total. The van der Waals surface area contributed by atoms with E-state index < -0.39 is 10.7 Å². The van der Waals surface area contributed by atoms with E-state index in [0.717, 1.165) is 47.8 Å². The maximum Gasteiger partial charge on any atom is 0.323 e. The summed E-state index contributed by atoms with van der Waals surface area (Å²) in [5.41, 5.74) is 0. The number of methoxy groups -OCH3 is 1. The van der Waals surface area contributed by atoms with Crippen molar-refractivity contribution in [3.63, 3.8) is 0 Å². The lowest BCUT2D eigenvalue weighted by atomic mass is 9.86. The number of ether oxygens (including phenoxy) is 1. The fraction of sp³-hybridized carbons (Fsp3) is 0.560. The smallest absolute Gasteiger partial charge is 0.323 e. The van der Waals surface area contributed by atoms with Gasteiger partial charge in [0.15, 0.2) is 5.13 Å². The van der Waals surface area contributed by atoms with Gasteiger partial charge < -0.3 is 14.7 Å². The van der Waals surface area contributed by atoms with Gasteiger partial charge in [0.2, 0.25) is 0 Å². The van der Waals surface area contributed by atoms with Gasteiger partial charge in [0.05, 0.1) is 17.5 Å². The van der Waals surface area contributed by atoms with E-state index in [9.17, 15) is 14.7 Å². The summed E-state index contributed by atoms with van der Waals surface area (Å²) in [6, 6.07) is 8.15. The molecule has 192 valence electrons. The monoisotopic (exact) mass is 537 g/mol. The second kappa shape index (κ2) is 12.9. The number of carbonyl (C=O) groups excluding carboxylic acids is 1. The zero-order valence-corrected chi connectivity index (χ0v) is 23.2. The highest BCUT2D eigenvalue weighted by atomic mass is 32.2. The molecule has 1 fully saturated rings. The van der Waals surface area contributed by atoms with E-state index >= 15 is 0 Å². The number of nitrogens with zero attached hydrogens (tertiary/aromatic N) is 2. The molecule has 0 aliphatic heterocycles. The van der Waals surface area contributed by atoms with Crippen molar-refractivity contribution >= 4 is 52.0 Å². The van der Waals surface area contributed by atoms with Crippen LogP contribution in [0.5, 0.6) is 5.75 Å². The van der Waals surface area contributed by atoms with Crippen molar-refractivity contribution in [3.8, 4) is 5.75 Å². The second-order valence-electron chi connectivity index (χ2n) is 9.32. The topological polar surface area (TPSA) is 91.8 Å². The summed E-state index contributed by atoms with van der Waals surface area (Å²) in [6.07, 6.45) is 6.84. The number of anilines is 1. The lowest BCUT2D eigenvalue weighted by Gasteiger charge is -2.36. The van der Waals surface area contributed by atoms with Crippen LogP contribution in [0, 0.1) is 5.92 Å². The highest BCUT2D eigenvalue weighted by molar-refractivity contribution is 8.03. The number of amides is 2. The number of thiazole rings is 1. The third-order valence-corrected chi connectivity index (χ3v) is 9.42. The predicted octanol–water partition coefficient (Wildman–Crippen LogP) is 6.70. The van der Waals surface area contributed by atoms with Crippen LogP contribution in [0.3, 0.4) is 0 Å². The van der Waals surface area contributed by atoms with Gasteiger partial charge in [0, 0.05) is 17.5 Å². The van der Waals surface area contributed by atoms with Crippen molar-refractivity contribution in [2.75, 3.05) is 24.7 Å². The van der Waals surface area contributed by atoms with Crippen LogP contribution >= 0.6 is 34.9 Å². The first-order valence-electron chi connectivity index (χ1n) is 11.9. The number of hydrogen-bond acceptors (Lipinski definition) is 7. The Bertz CT molecular complexity index is 973. The molecule has 2 aromatic rings. The molecule has 0 spiro atoms. The lowest BCUT2D eigenvalue weighted by molar-refractivity contribution is -0.138. The zero-order chi connectivity index (χ0) is 25.4. The molecule has 1 aliphatic carbocycles. The minimum absolute atomic E-state index is 0.123. The molecular formula is C25H35N3O4S3. The van der Waals surface area contributed by atoms with E-state index in [1.165, 1.54) is 28.0 Å². The van der Waals surface area contributed by atoms with Crippen molar-refractivity contribution in [1.82, 2.24) is 9.88 Å². The Morgan fingerprint density at radius 2 is 1.91 bits per heavy atom. The number of hydrogen-bond donors (Lipinski definition) is 2. The molecule has 3 rings (SSSR count).